The van der Waals surface area contributed by atoms with Crippen LogP contribution in [0, 0.1) is 0 Å². The third kappa shape index (κ3) is 4.02. The van der Waals surface area contributed by atoms with Crippen molar-refractivity contribution in [3.63, 3.8) is 0 Å². The van der Waals surface area contributed by atoms with Gasteiger partial charge >= 0.3 is 0 Å². The molecule has 122 valence electrons. The number of amides is 1. The molecule has 23 heavy (non-hydrogen) atoms. The lowest BCUT2D eigenvalue weighted by molar-refractivity contribution is -0.121. The first-order valence-corrected chi connectivity index (χ1v) is 7.86. The summed E-state index contributed by atoms with van der Waals surface area (Å²) in [5.74, 6) is 1.60. The Morgan fingerprint density at radius 1 is 1.39 bits per heavy atom. The molecule has 2 aromatic rings. The summed E-state index contributed by atoms with van der Waals surface area (Å²) in [6, 6.07) is 1.94. The molecule has 0 saturated carbocycles. The molecule has 3 heterocycles. The number of piperidine rings is 1. The second kappa shape index (κ2) is 7.17. The Bertz CT molecular complexity index is 642. The molecule has 1 unspecified atom stereocenters. The van der Waals surface area contributed by atoms with Crippen LogP contribution >= 0.6 is 0 Å². The van der Waals surface area contributed by atoms with Gasteiger partial charge in [-0.15, -0.1) is 10.2 Å². The molecule has 1 aliphatic heterocycles. The lowest BCUT2D eigenvalue weighted by Crippen LogP contribution is -2.48. The zero-order chi connectivity index (χ0) is 16.1. The van der Waals surface area contributed by atoms with Crippen LogP contribution in [0.2, 0.25) is 0 Å². The topological polar surface area (TPSA) is 88.8 Å². The molecule has 0 spiro atoms. The van der Waals surface area contributed by atoms with Crippen LogP contribution in [0.15, 0.2) is 24.8 Å². The molecule has 1 N–H and O–H groups in total. The molecule has 0 radical (unpaired) electrons. The molecule has 1 aliphatic rings. The van der Waals surface area contributed by atoms with E-state index in [9.17, 15) is 4.79 Å². The molecule has 1 saturated heterocycles. The maximum absolute atomic E-state index is 12.1. The van der Waals surface area contributed by atoms with Crippen molar-refractivity contribution in [3.8, 4) is 0 Å². The molecular weight excluding hydrogens is 294 g/mol. The Kier molecular flexibility index (Phi) is 4.80. The molecular formula is C15H21N7O. The Balaban J connectivity index is 1.49. The predicted octanol–water partition coefficient (Wildman–Crippen LogP) is 0.323. The molecule has 0 aliphatic carbocycles. The zero-order valence-electron chi connectivity index (χ0n) is 13.2. The van der Waals surface area contributed by atoms with E-state index in [0.29, 0.717) is 12.8 Å². The summed E-state index contributed by atoms with van der Waals surface area (Å²) in [6.45, 7) is 1.68. The van der Waals surface area contributed by atoms with Crippen molar-refractivity contribution in [2.45, 2.75) is 31.7 Å². The van der Waals surface area contributed by atoms with E-state index in [1.54, 1.807) is 24.8 Å². The fraction of sp³-hybridized carbons (Fsp3) is 0.533. The first kappa shape index (κ1) is 15.4. The van der Waals surface area contributed by atoms with Crippen LogP contribution in [0.5, 0.6) is 0 Å². The van der Waals surface area contributed by atoms with Gasteiger partial charge in [-0.25, -0.2) is 9.97 Å². The highest BCUT2D eigenvalue weighted by Gasteiger charge is 2.22. The number of anilines is 1. The molecule has 8 nitrogen and oxygen atoms in total. The quantitative estimate of drug-likeness (QED) is 0.855. The highest BCUT2D eigenvalue weighted by atomic mass is 16.1. The van der Waals surface area contributed by atoms with Crippen LogP contribution in [0.3, 0.4) is 0 Å². The van der Waals surface area contributed by atoms with Crippen LogP contribution < -0.4 is 10.2 Å². The van der Waals surface area contributed by atoms with Crippen molar-refractivity contribution >= 4 is 11.9 Å². The maximum atomic E-state index is 12.1. The Morgan fingerprint density at radius 3 is 2.96 bits per heavy atom. The summed E-state index contributed by atoms with van der Waals surface area (Å²) >= 11 is 0. The van der Waals surface area contributed by atoms with Gasteiger partial charge < -0.3 is 14.8 Å². The van der Waals surface area contributed by atoms with Crippen LogP contribution in [0.1, 0.15) is 25.1 Å². The first-order valence-electron chi connectivity index (χ1n) is 7.86. The van der Waals surface area contributed by atoms with E-state index in [1.165, 1.54) is 0 Å². The summed E-state index contributed by atoms with van der Waals surface area (Å²) < 4.78 is 1.84. The summed E-state index contributed by atoms with van der Waals surface area (Å²) in [5, 5.41) is 10.9. The van der Waals surface area contributed by atoms with Crippen LogP contribution in [0.25, 0.3) is 0 Å². The zero-order valence-corrected chi connectivity index (χ0v) is 13.2. The number of carbonyl (C=O) groups excluding carboxylic acids is 1. The Hall–Kier alpha value is -2.51. The van der Waals surface area contributed by atoms with Gasteiger partial charge in [-0.1, -0.05) is 0 Å². The minimum absolute atomic E-state index is 0.0498. The third-order valence-electron chi connectivity index (χ3n) is 4.00. The van der Waals surface area contributed by atoms with Crippen molar-refractivity contribution < 1.29 is 4.79 Å². The fourth-order valence-corrected chi connectivity index (χ4v) is 2.79. The molecule has 2 aromatic heterocycles. The second-order valence-electron chi connectivity index (χ2n) is 5.76. The van der Waals surface area contributed by atoms with Gasteiger partial charge in [-0.2, -0.15) is 0 Å². The van der Waals surface area contributed by atoms with Crippen LogP contribution in [-0.2, 0) is 18.3 Å². The largest absolute Gasteiger partial charge is 0.352 e. The molecule has 0 aromatic carbocycles. The summed E-state index contributed by atoms with van der Waals surface area (Å²) in [4.78, 5) is 22.8. The van der Waals surface area contributed by atoms with Gasteiger partial charge in [0.1, 0.15) is 12.2 Å². The minimum atomic E-state index is 0.0498. The van der Waals surface area contributed by atoms with E-state index in [-0.39, 0.29) is 11.9 Å². The maximum Gasteiger partial charge on any atom is 0.225 e. The highest BCUT2D eigenvalue weighted by Crippen LogP contribution is 2.15. The van der Waals surface area contributed by atoms with Gasteiger partial charge in [0.2, 0.25) is 11.9 Å². The van der Waals surface area contributed by atoms with Gasteiger partial charge in [-0.05, 0) is 18.9 Å². The lowest BCUT2D eigenvalue weighted by Gasteiger charge is -2.33. The van der Waals surface area contributed by atoms with E-state index in [0.717, 1.165) is 37.7 Å². The van der Waals surface area contributed by atoms with Crippen molar-refractivity contribution in [2.75, 3.05) is 18.0 Å². The average molecular weight is 315 g/mol. The molecule has 8 heteroatoms. The van der Waals surface area contributed by atoms with Gasteiger partial charge in [0, 0.05) is 51.4 Å². The molecule has 3 rings (SSSR count). The highest BCUT2D eigenvalue weighted by molar-refractivity contribution is 5.76. The summed E-state index contributed by atoms with van der Waals surface area (Å²) in [7, 11) is 1.88. The molecule has 1 fully saturated rings. The summed E-state index contributed by atoms with van der Waals surface area (Å²) in [6.07, 6.45) is 8.15. The lowest BCUT2D eigenvalue weighted by atomic mass is 10.1. The van der Waals surface area contributed by atoms with E-state index >= 15 is 0 Å². The smallest absolute Gasteiger partial charge is 0.225 e. The standard InChI is InChI=1S/C15H21N7O/c1-21-11-18-20-13(21)5-6-14(23)19-12-4-2-9-22(10-12)15-16-7-3-8-17-15/h3,7-8,11-12H,2,4-6,9-10H2,1H3,(H,19,23). The van der Waals surface area contributed by atoms with Crippen molar-refractivity contribution in [1.82, 2.24) is 30.0 Å². The summed E-state index contributed by atoms with van der Waals surface area (Å²) in [5.41, 5.74) is 0. The number of nitrogens with zero attached hydrogens (tertiary/aromatic N) is 6. The van der Waals surface area contributed by atoms with Crippen molar-refractivity contribution in [3.05, 3.63) is 30.6 Å². The van der Waals surface area contributed by atoms with E-state index in [2.05, 4.69) is 30.4 Å². The van der Waals surface area contributed by atoms with Gasteiger partial charge in [-0.3, -0.25) is 4.79 Å². The number of aromatic nitrogens is 5. The monoisotopic (exact) mass is 315 g/mol. The van der Waals surface area contributed by atoms with E-state index in [1.807, 2.05) is 11.6 Å². The van der Waals surface area contributed by atoms with Gasteiger partial charge in [0.05, 0.1) is 0 Å². The molecule has 1 atom stereocenters. The van der Waals surface area contributed by atoms with Crippen LogP contribution in [-0.4, -0.2) is 49.8 Å². The van der Waals surface area contributed by atoms with E-state index in [4.69, 9.17) is 0 Å². The van der Waals surface area contributed by atoms with Gasteiger partial charge in [0.25, 0.3) is 0 Å². The second-order valence-corrected chi connectivity index (χ2v) is 5.76. The number of rotatable bonds is 5. The number of aryl methyl sites for hydroxylation is 2. The number of hydrogen-bond donors (Lipinski definition) is 1. The number of carbonyl (C=O) groups is 1. The van der Waals surface area contributed by atoms with E-state index < -0.39 is 0 Å². The molecule has 0 bridgehead atoms. The minimum Gasteiger partial charge on any atom is -0.352 e. The molecule has 1 amide bonds. The average Bonchev–Trinajstić information content (AvgIpc) is 2.99. The number of hydrogen-bond acceptors (Lipinski definition) is 6. The number of nitrogens with one attached hydrogen (secondary N) is 1. The first-order chi connectivity index (χ1) is 11.2. The van der Waals surface area contributed by atoms with Crippen LogP contribution in [0.4, 0.5) is 5.95 Å². The fourth-order valence-electron chi connectivity index (χ4n) is 2.79. The SMILES string of the molecule is Cn1cnnc1CCC(=O)NC1CCCN(c2ncccn2)C1. The normalized spacial score (nSPS) is 18.0. The Morgan fingerprint density at radius 2 is 2.22 bits per heavy atom. The van der Waals surface area contributed by atoms with Crippen molar-refractivity contribution in [1.29, 1.82) is 0 Å². The predicted molar refractivity (Wildman–Crippen MR) is 84.7 cm³/mol. The Labute approximate surface area is 135 Å². The third-order valence-corrected chi connectivity index (χ3v) is 4.00. The van der Waals surface area contributed by atoms with Gasteiger partial charge in [0.15, 0.2) is 0 Å². The van der Waals surface area contributed by atoms with Crippen molar-refractivity contribution in [2.24, 2.45) is 7.05 Å².